The Labute approximate surface area is 109 Å². The zero-order valence-corrected chi connectivity index (χ0v) is 10.5. The van der Waals surface area contributed by atoms with Crippen molar-refractivity contribution >= 4 is 23.5 Å². The van der Waals surface area contributed by atoms with E-state index >= 15 is 0 Å². The smallest absolute Gasteiger partial charge is 0.251 e. The molecule has 1 aliphatic heterocycles. The lowest BCUT2D eigenvalue weighted by atomic mass is 10.0. The Kier molecular flexibility index (Phi) is 3.50. The Morgan fingerprint density at radius 3 is 2.95 bits per heavy atom. The van der Waals surface area contributed by atoms with Gasteiger partial charge in [-0.05, 0) is 12.5 Å². The number of amides is 3. The van der Waals surface area contributed by atoms with Gasteiger partial charge in [-0.15, -0.1) is 0 Å². The molecule has 3 N–H and O–H groups in total. The lowest BCUT2D eigenvalue weighted by molar-refractivity contribution is -0.149. The van der Waals surface area contributed by atoms with Gasteiger partial charge in [0, 0.05) is 19.7 Å². The van der Waals surface area contributed by atoms with Crippen molar-refractivity contribution in [1.82, 2.24) is 20.0 Å². The first-order chi connectivity index (χ1) is 8.97. The number of carbonyl (C=O) groups is 3. The van der Waals surface area contributed by atoms with E-state index < -0.39 is 6.04 Å². The first kappa shape index (κ1) is 13.1. The Hall–Kier alpha value is -2.38. The van der Waals surface area contributed by atoms with E-state index in [-0.39, 0.29) is 30.7 Å². The Morgan fingerprint density at radius 2 is 2.32 bits per heavy atom. The van der Waals surface area contributed by atoms with E-state index in [9.17, 15) is 14.4 Å². The summed E-state index contributed by atoms with van der Waals surface area (Å²) in [6.07, 6.45) is 2.16. The fourth-order valence-corrected chi connectivity index (χ4v) is 1.90. The zero-order valence-electron chi connectivity index (χ0n) is 10.5. The van der Waals surface area contributed by atoms with Crippen LogP contribution in [0.1, 0.15) is 12.8 Å². The van der Waals surface area contributed by atoms with Crippen LogP contribution in [0.15, 0.2) is 12.3 Å². The summed E-state index contributed by atoms with van der Waals surface area (Å²) in [7, 11) is 1.41. The molecule has 19 heavy (non-hydrogen) atoms. The van der Waals surface area contributed by atoms with Gasteiger partial charge in [-0.25, -0.2) is 0 Å². The third kappa shape index (κ3) is 2.90. The third-order valence-electron chi connectivity index (χ3n) is 2.95. The quantitative estimate of drug-likeness (QED) is 0.662. The van der Waals surface area contributed by atoms with Crippen LogP contribution in [0.25, 0.3) is 0 Å². The van der Waals surface area contributed by atoms with Crippen LogP contribution in [0.4, 0.5) is 5.82 Å². The predicted molar refractivity (Wildman–Crippen MR) is 65.6 cm³/mol. The molecule has 2 heterocycles. The summed E-state index contributed by atoms with van der Waals surface area (Å²) < 4.78 is 1.38. The number of likely N-dealkylation sites (N-methyl/N-ethyl adjacent to an activating group) is 1. The molecular formula is C11H15N5O3. The third-order valence-corrected chi connectivity index (χ3v) is 2.95. The van der Waals surface area contributed by atoms with E-state index in [1.165, 1.54) is 11.7 Å². The molecule has 8 heteroatoms. The number of likely N-dealkylation sites (tertiary alicyclic amines) is 1. The van der Waals surface area contributed by atoms with Gasteiger partial charge in [-0.1, -0.05) is 0 Å². The standard InChI is InChI=1S/C11H15N5O3/c1-15-10(18)3-2-7(11(15)19)13-9(17)6-16-5-4-8(12)14-16/h4-5,7H,2-3,6H2,1H3,(H2,12,14)(H,13,17). The molecule has 1 aromatic heterocycles. The van der Waals surface area contributed by atoms with Crippen molar-refractivity contribution in [3.8, 4) is 0 Å². The minimum Gasteiger partial charge on any atom is -0.382 e. The van der Waals surface area contributed by atoms with Crippen LogP contribution in [0.5, 0.6) is 0 Å². The maximum absolute atomic E-state index is 11.8. The molecule has 1 fully saturated rings. The number of piperidine rings is 1. The maximum Gasteiger partial charge on any atom is 0.251 e. The van der Waals surface area contributed by atoms with Crippen LogP contribution in [0.2, 0.25) is 0 Å². The summed E-state index contributed by atoms with van der Waals surface area (Å²) in [5.41, 5.74) is 5.43. The molecule has 0 aliphatic carbocycles. The van der Waals surface area contributed by atoms with E-state index in [2.05, 4.69) is 10.4 Å². The number of rotatable bonds is 3. The monoisotopic (exact) mass is 265 g/mol. The molecule has 1 aliphatic rings. The van der Waals surface area contributed by atoms with Gasteiger partial charge >= 0.3 is 0 Å². The molecule has 0 spiro atoms. The average Bonchev–Trinajstić information content (AvgIpc) is 2.75. The lowest BCUT2D eigenvalue weighted by Crippen LogP contribution is -2.53. The summed E-state index contributed by atoms with van der Waals surface area (Å²) in [6, 6.07) is 0.925. The normalized spacial score (nSPS) is 19.6. The number of imide groups is 1. The first-order valence-electron chi connectivity index (χ1n) is 5.86. The minimum absolute atomic E-state index is 0.0152. The van der Waals surface area contributed by atoms with Crippen LogP contribution in [0, 0.1) is 0 Å². The van der Waals surface area contributed by atoms with Gasteiger partial charge in [0.15, 0.2) is 0 Å². The van der Waals surface area contributed by atoms with Crippen LogP contribution in [-0.2, 0) is 20.9 Å². The minimum atomic E-state index is -0.650. The summed E-state index contributed by atoms with van der Waals surface area (Å²) in [5.74, 6) is -0.629. The molecule has 8 nitrogen and oxygen atoms in total. The van der Waals surface area contributed by atoms with Crippen LogP contribution < -0.4 is 11.1 Å². The summed E-state index contributed by atoms with van der Waals surface area (Å²) in [5, 5.41) is 6.47. The van der Waals surface area contributed by atoms with Gasteiger partial charge < -0.3 is 11.1 Å². The molecule has 0 saturated carbocycles. The summed E-state index contributed by atoms with van der Waals surface area (Å²) in [6.45, 7) is -0.0152. The molecule has 1 unspecified atom stereocenters. The molecule has 102 valence electrons. The highest BCUT2D eigenvalue weighted by Crippen LogP contribution is 2.11. The van der Waals surface area contributed by atoms with Gasteiger partial charge in [-0.3, -0.25) is 24.0 Å². The number of nitrogen functional groups attached to an aromatic ring is 1. The van der Waals surface area contributed by atoms with Crippen molar-refractivity contribution in [2.24, 2.45) is 0 Å². The number of hydrogen-bond donors (Lipinski definition) is 2. The number of aromatic nitrogens is 2. The molecule has 3 amide bonds. The molecule has 1 saturated heterocycles. The predicted octanol–water partition coefficient (Wildman–Crippen LogP) is -1.27. The molecule has 1 atom stereocenters. The van der Waals surface area contributed by atoms with E-state index in [0.717, 1.165) is 4.90 Å². The fraction of sp³-hybridized carbons (Fsp3) is 0.455. The van der Waals surface area contributed by atoms with Crippen molar-refractivity contribution in [2.75, 3.05) is 12.8 Å². The van der Waals surface area contributed by atoms with Crippen molar-refractivity contribution in [3.05, 3.63) is 12.3 Å². The van der Waals surface area contributed by atoms with Crippen molar-refractivity contribution in [3.63, 3.8) is 0 Å². The van der Waals surface area contributed by atoms with Gasteiger partial charge in [0.25, 0.3) is 5.91 Å². The maximum atomic E-state index is 11.8. The van der Waals surface area contributed by atoms with Crippen molar-refractivity contribution in [2.45, 2.75) is 25.4 Å². The topological polar surface area (TPSA) is 110 Å². The van der Waals surface area contributed by atoms with E-state index in [0.29, 0.717) is 12.2 Å². The Morgan fingerprint density at radius 1 is 1.58 bits per heavy atom. The zero-order chi connectivity index (χ0) is 14.0. The Bertz CT molecular complexity index is 524. The second-order valence-electron chi connectivity index (χ2n) is 4.39. The SMILES string of the molecule is CN1C(=O)CCC(NC(=O)Cn2ccc(N)n2)C1=O. The summed E-state index contributed by atoms with van der Waals surface area (Å²) in [4.78, 5) is 35.9. The molecule has 2 rings (SSSR count). The average molecular weight is 265 g/mol. The number of nitrogens with two attached hydrogens (primary N) is 1. The second kappa shape index (κ2) is 5.09. The molecule has 0 bridgehead atoms. The lowest BCUT2D eigenvalue weighted by Gasteiger charge is -2.28. The molecule has 0 radical (unpaired) electrons. The van der Waals surface area contributed by atoms with Crippen LogP contribution in [0.3, 0.4) is 0 Å². The van der Waals surface area contributed by atoms with Crippen molar-refractivity contribution in [1.29, 1.82) is 0 Å². The van der Waals surface area contributed by atoms with Crippen LogP contribution in [-0.4, -0.2) is 45.5 Å². The van der Waals surface area contributed by atoms with Gasteiger partial charge in [-0.2, -0.15) is 5.10 Å². The van der Waals surface area contributed by atoms with Crippen molar-refractivity contribution < 1.29 is 14.4 Å². The molecule has 1 aromatic rings. The van der Waals surface area contributed by atoms with E-state index in [1.54, 1.807) is 12.3 Å². The van der Waals surface area contributed by atoms with Gasteiger partial charge in [0.2, 0.25) is 11.8 Å². The fourth-order valence-electron chi connectivity index (χ4n) is 1.90. The number of nitrogens with zero attached hydrogens (tertiary/aromatic N) is 3. The molecule has 0 aromatic carbocycles. The second-order valence-corrected chi connectivity index (χ2v) is 4.39. The Balaban J connectivity index is 1.92. The largest absolute Gasteiger partial charge is 0.382 e. The van der Waals surface area contributed by atoms with E-state index in [4.69, 9.17) is 5.73 Å². The summed E-state index contributed by atoms with van der Waals surface area (Å²) >= 11 is 0. The van der Waals surface area contributed by atoms with Crippen LogP contribution >= 0.6 is 0 Å². The molecular weight excluding hydrogens is 250 g/mol. The first-order valence-corrected chi connectivity index (χ1v) is 5.86. The van der Waals surface area contributed by atoms with Gasteiger partial charge in [0.05, 0.1) is 0 Å². The highest BCUT2D eigenvalue weighted by molar-refractivity contribution is 6.01. The highest BCUT2D eigenvalue weighted by Gasteiger charge is 2.32. The number of anilines is 1. The number of nitrogens with one attached hydrogen (secondary N) is 1. The number of carbonyl (C=O) groups excluding carboxylic acids is 3. The van der Waals surface area contributed by atoms with E-state index in [1.807, 2.05) is 0 Å². The number of hydrogen-bond acceptors (Lipinski definition) is 5. The van der Waals surface area contributed by atoms with Gasteiger partial charge in [0.1, 0.15) is 18.4 Å². The highest BCUT2D eigenvalue weighted by atomic mass is 16.2.